The minimum Gasteiger partial charge on any atom is -0.464 e. The molecule has 0 saturated heterocycles. The highest BCUT2D eigenvalue weighted by Gasteiger charge is 2.27. The second-order valence-corrected chi connectivity index (χ2v) is 7.09. The lowest BCUT2D eigenvalue weighted by Crippen LogP contribution is -2.50. The van der Waals surface area contributed by atoms with Gasteiger partial charge in [-0.15, -0.1) is 0 Å². The molecule has 2 amide bonds. The van der Waals surface area contributed by atoms with E-state index in [9.17, 15) is 14.4 Å². The number of methoxy groups -OCH3 is 1. The lowest BCUT2D eigenvalue weighted by molar-refractivity contribution is -0.124. The summed E-state index contributed by atoms with van der Waals surface area (Å²) in [5.41, 5.74) is -0.605. The minimum atomic E-state index is -0.791. The Balaban J connectivity index is 2.71. The molecule has 0 aliphatic rings. The second-order valence-electron chi connectivity index (χ2n) is 7.09. The molecule has 0 radical (unpaired) electrons. The van der Waals surface area contributed by atoms with Gasteiger partial charge in [0.25, 0.3) is 0 Å². The number of oxazole rings is 1. The van der Waals surface area contributed by atoms with E-state index in [0.717, 1.165) is 0 Å². The highest BCUT2D eigenvalue weighted by molar-refractivity contribution is 5.88. The molecule has 0 spiro atoms. The summed E-state index contributed by atoms with van der Waals surface area (Å²) in [6, 6.07) is -0.791. The number of alkyl carbamates (subject to hydrolysis) is 1. The number of hydrogen-bond donors (Lipinski definition) is 2. The van der Waals surface area contributed by atoms with Crippen molar-refractivity contribution in [1.29, 1.82) is 0 Å². The Kier molecular flexibility index (Phi) is 7.17. The summed E-state index contributed by atoms with van der Waals surface area (Å²) in [6.07, 6.45) is -0.675. The summed E-state index contributed by atoms with van der Waals surface area (Å²) >= 11 is 0. The molecule has 0 aliphatic heterocycles. The number of aryl methyl sites for hydroxylation is 1. The fourth-order valence-electron chi connectivity index (χ4n) is 2.06. The van der Waals surface area contributed by atoms with Crippen molar-refractivity contribution >= 4 is 18.0 Å². The smallest absolute Gasteiger partial charge is 0.408 e. The standard InChI is InChI=1S/C17H27N3O6/c1-9(2)12(20-16(23)26-17(4,5)6)14(21)18-8-11-19-13(10(3)25-11)15(22)24-7/h9,12H,8H2,1-7H3,(H,18,21)(H,20,23)/t12-/m0/s1. The van der Waals surface area contributed by atoms with Gasteiger partial charge in [-0.05, 0) is 33.6 Å². The predicted molar refractivity (Wildman–Crippen MR) is 92.4 cm³/mol. The predicted octanol–water partition coefficient (Wildman–Crippen LogP) is 1.94. The summed E-state index contributed by atoms with van der Waals surface area (Å²) < 4.78 is 15.1. The van der Waals surface area contributed by atoms with Crippen molar-refractivity contribution < 1.29 is 28.3 Å². The quantitative estimate of drug-likeness (QED) is 0.735. The highest BCUT2D eigenvalue weighted by Crippen LogP contribution is 2.12. The average Bonchev–Trinajstić information content (AvgIpc) is 2.88. The number of esters is 1. The second kappa shape index (κ2) is 8.68. The van der Waals surface area contributed by atoms with Crippen LogP contribution in [0.3, 0.4) is 0 Å². The molecule has 9 nitrogen and oxygen atoms in total. The van der Waals surface area contributed by atoms with Gasteiger partial charge in [-0.3, -0.25) is 4.79 Å². The SMILES string of the molecule is COC(=O)c1nc(CNC(=O)[C@@H](NC(=O)OC(C)(C)C)C(C)C)oc1C. The van der Waals surface area contributed by atoms with Gasteiger partial charge in [0.2, 0.25) is 11.8 Å². The topological polar surface area (TPSA) is 120 Å². The molecule has 0 unspecified atom stereocenters. The molecule has 9 heteroatoms. The third-order valence-corrected chi connectivity index (χ3v) is 3.25. The van der Waals surface area contributed by atoms with E-state index in [4.69, 9.17) is 9.15 Å². The fourth-order valence-corrected chi connectivity index (χ4v) is 2.06. The number of aromatic nitrogens is 1. The zero-order chi connectivity index (χ0) is 20.1. The van der Waals surface area contributed by atoms with Crippen molar-refractivity contribution in [2.45, 2.75) is 59.7 Å². The van der Waals surface area contributed by atoms with E-state index in [0.29, 0.717) is 5.76 Å². The van der Waals surface area contributed by atoms with Crippen molar-refractivity contribution in [3.63, 3.8) is 0 Å². The molecule has 1 aromatic heterocycles. The van der Waals surface area contributed by atoms with E-state index in [-0.39, 0.29) is 24.0 Å². The Labute approximate surface area is 152 Å². The molecule has 26 heavy (non-hydrogen) atoms. The Morgan fingerprint density at radius 3 is 2.35 bits per heavy atom. The molecule has 0 fully saturated rings. The number of ether oxygens (including phenoxy) is 2. The molecular weight excluding hydrogens is 342 g/mol. The molecule has 0 bridgehead atoms. The van der Waals surface area contributed by atoms with Crippen LogP contribution in [-0.4, -0.2) is 41.7 Å². The molecule has 1 heterocycles. The maximum absolute atomic E-state index is 12.4. The molecule has 1 atom stereocenters. The Morgan fingerprint density at radius 2 is 1.85 bits per heavy atom. The minimum absolute atomic E-state index is 0.0319. The van der Waals surface area contributed by atoms with Gasteiger partial charge >= 0.3 is 12.1 Å². The van der Waals surface area contributed by atoms with Crippen LogP contribution in [0.5, 0.6) is 0 Å². The van der Waals surface area contributed by atoms with Crippen molar-refractivity contribution in [2.75, 3.05) is 7.11 Å². The van der Waals surface area contributed by atoms with Crippen molar-refractivity contribution in [3.8, 4) is 0 Å². The molecular formula is C17H27N3O6. The Morgan fingerprint density at radius 1 is 1.23 bits per heavy atom. The third-order valence-electron chi connectivity index (χ3n) is 3.25. The van der Waals surface area contributed by atoms with E-state index in [1.54, 1.807) is 41.5 Å². The number of carbonyl (C=O) groups excluding carboxylic acids is 3. The zero-order valence-electron chi connectivity index (χ0n) is 16.3. The summed E-state index contributed by atoms with van der Waals surface area (Å²) in [7, 11) is 1.24. The molecule has 1 rings (SSSR count). The lowest BCUT2D eigenvalue weighted by Gasteiger charge is -2.25. The average molecular weight is 369 g/mol. The first-order valence-electron chi connectivity index (χ1n) is 8.26. The van der Waals surface area contributed by atoms with Gasteiger partial charge < -0.3 is 24.5 Å². The van der Waals surface area contributed by atoms with Crippen LogP contribution in [0.15, 0.2) is 4.42 Å². The van der Waals surface area contributed by atoms with Gasteiger partial charge in [0.15, 0.2) is 5.69 Å². The van der Waals surface area contributed by atoms with Crippen LogP contribution in [0.25, 0.3) is 0 Å². The van der Waals surface area contributed by atoms with Crippen LogP contribution >= 0.6 is 0 Å². The highest BCUT2D eigenvalue weighted by atomic mass is 16.6. The van der Waals surface area contributed by atoms with Crippen molar-refractivity contribution in [1.82, 2.24) is 15.6 Å². The van der Waals surface area contributed by atoms with E-state index in [1.807, 2.05) is 0 Å². The number of hydrogen-bond acceptors (Lipinski definition) is 7. The molecule has 2 N–H and O–H groups in total. The first-order chi connectivity index (χ1) is 11.9. The first kappa shape index (κ1) is 21.5. The maximum atomic E-state index is 12.4. The molecule has 146 valence electrons. The number of carbonyl (C=O) groups is 3. The summed E-state index contributed by atoms with van der Waals surface area (Å²) in [5, 5.41) is 5.18. The van der Waals surface area contributed by atoms with Gasteiger partial charge in [-0.2, -0.15) is 0 Å². The number of amides is 2. The van der Waals surface area contributed by atoms with Gasteiger partial charge in [-0.1, -0.05) is 13.8 Å². The van der Waals surface area contributed by atoms with Crippen LogP contribution in [-0.2, 0) is 20.8 Å². The molecule has 0 saturated carbocycles. The van der Waals surface area contributed by atoms with Crippen molar-refractivity contribution in [2.24, 2.45) is 5.92 Å². The molecule has 0 aromatic carbocycles. The van der Waals surface area contributed by atoms with Gasteiger partial charge in [0, 0.05) is 0 Å². The first-order valence-corrected chi connectivity index (χ1v) is 8.26. The third kappa shape index (κ3) is 6.38. The van der Waals surface area contributed by atoms with Crippen LogP contribution in [0.4, 0.5) is 4.79 Å². The van der Waals surface area contributed by atoms with Crippen LogP contribution in [0.1, 0.15) is 56.8 Å². The van der Waals surface area contributed by atoms with Gasteiger partial charge in [0.1, 0.15) is 17.4 Å². The lowest BCUT2D eigenvalue weighted by atomic mass is 10.0. The largest absolute Gasteiger partial charge is 0.464 e. The molecule has 0 aliphatic carbocycles. The van der Waals surface area contributed by atoms with E-state index in [2.05, 4.69) is 20.4 Å². The fraction of sp³-hybridized carbons (Fsp3) is 0.647. The van der Waals surface area contributed by atoms with Crippen LogP contribution in [0, 0.1) is 12.8 Å². The Hall–Kier alpha value is -2.58. The monoisotopic (exact) mass is 369 g/mol. The van der Waals surface area contributed by atoms with E-state index >= 15 is 0 Å². The van der Waals surface area contributed by atoms with Crippen LogP contribution < -0.4 is 10.6 Å². The Bertz CT molecular complexity index is 660. The van der Waals surface area contributed by atoms with E-state index in [1.165, 1.54) is 7.11 Å². The zero-order valence-corrected chi connectivity index (χ0v) is 16.3. The van der Waals surface area contributed by atoms with Gasteiger partial charge in [-0.25, -0.2) is 14.6 Å². The summed E-state index contributed by atoms with van der Waals surface area (Å²) in [5.74, 6) is -0.735. The number of rotatable bonds is 6. The normalized spacial score (nSPS) is 12.5. The molecule has 1 aromatic rings. The van der Waals surface area contributed by atoms with E-state index < -0.39 is 29.6 Å². The summed E-state index contributed by atoms with van der Waals surface area (Å²) in [6.45, 7) is 10.3. The maximum Gasteiger partial charge on any atom is 0.408 e. The number of nitrogens with one attached hydrogen (secondary N) is 2. The van der Waals surface area contributed by atoms with Crippen LogP contribution in [0.2, 0.25) is 0 Å². The van der Waals surface area contributed by atoms with Gasteiger partial charge in [0.05, 0.1) is 13.7 Å². The number of nitrogens with zero attached hydrogens (tertiary/aromatic N) is 1. The van der Waals surface area contributed by atoms with Crippen molar-refractivity contribution in [3.05, 3.63) is 17.3 Å². The summed E-state index contributed by atoms with van der Waals surface area (Å²) in [4.78, 5) is 39.8.